The van der Waals surface area contributed by atoms with Gasteiger partial charge in [-0.15, -0.1) is 0 Å². The van der Waals surface area contributed by atoms with Crippen LogP contribution in [-0.4, -0.2) is 14.9 Å². The van der Waals surface area contributed by atoms with Gasteiger partial charge in [-0.25, -0.2) is 0 Å². The van der Waals surface area contributed by atoms with Crippen LogP contribution in [0.2, 0.25) is 0 Å². The molecule has 1 atom stereocenters. The van der Waals surface area contributed by atoms with Crippen molar-refractivity contribution in [2.75, 3.05) is 5.73 Å². The fourth-order valence-electron chi connectivity index (χ4n) is 2.25. The molecule has 4 nitrogen and oxygen atoms in total. The molecule has 0 aliphatic carbocycles. The van der Waals surface area contributed by atoms with Crippen LogP contribution < -0.4 is 5.73 Å². The van der Waals surface area contributed by atoms with E-state index in [9.17, 15) is 5.11 Å². The number of rotatable bonds is 5. The Labute approximate surface area is 113 Å². The standard InChI is InChI=1S/C15H21N3O/c1-3-11-9-12(18(4-2)17-11)10-15(19)13-7-5-6-8-14(13)16/h5-9,15,19H,3-4,10,16H2,1-2H3. The molecule has 3 N–H and O–H groups in total. The predicted molar refractivity (Wildman–Crippen MR) is 76.8 cm³/mol. The first-order chi connectivity index (χ1) is 9.15. The molecule has 2 aromatic rings. The summed E-state index contributed by atoms with van der Waals surface area (Å²) in [4.78, 5) is 0. The van der Waals surface area contributed by atoms with Crippen LogP contribution in [0.3, 0.4) is 0 Å². The average Bonchev–Trinajstić information content (AvgIpc) is 2.81. The highest BCUT2D eigenvalue weighted by Gasteiger charge is 2.15. The predicted octanol–water partition coefficient (Wildman–Crippen LogP) is 2.32. The number of nitrogens with zero attached hydrogens (tertiary/aromatic N) is 2. The molecule has 1 aromatic carbocycles. The molecule has 0 spiro atoms. The van der Waals surface area contributed by atoms with Crippen LogP contribution in [0.25, 0.3) is 0 Å². The number of hydrogen-bond donors (Lipinski definition) is 2. The van der Waals surface area contributed by atoms with Gasteiger partial charge < -0.3 is 10.8 Å². The van der Waals surface area contributed by atoms with E-state index in [0.717, 1.165) is 29.9 Å². The molecule has 0 bridgehead atoms. The summed E-state index contributed by atoms with van der Waals surface area (Å²) in [6, 6.07) is 9.51. The SMILES string of the molecule is CCc1cc(CC(O)c2ccccc2N)n(CC)n1. The quantitative estimate of drug-likeness (QED) is 0.810. The number of anilines is 1. The fourth-order valence-corrected chi connectivity index (χ4v) is 2.25. The Morgan fingerprint density at radius 1 is 1.32 bits per heavy atom. The van der Waals surface area contributed by atoms with Gasteiger partial charge in [-0.1, -0.05) is 25.1 Å². The van der Waals surface area contributed by atoms with E-state index in [4.69, 9.17) is 5.73 Å². The number of para-hydroxylation sites is 1. The Bertz CT molecular complexity index is 548. The molecule has 0 saturated heterocycles. The first-order valence-electron chi connectivity index (χ1n) is 6.73. The second-order valence-corrected chi connectivity index (χ2v) is 4.65. The van der Waals surface area contributed by atoms with Gasteiger partial charge in [0, 0.05) is 29.9 Å². The van der Waals surface area contributed by atoms with Crippen LogP contribution in [0, 0.1) is 0 Å². The molecule has 2 rings (SSSR count). The van der Waals surface area contributed by atoms with Crippen molar-refractivity contribution in [3.63, 3.8) is 0 Å². The number of aliphatic hydroxyl groups excluding tert-OH is 1. The molecular weight excluding hydrogens is 238 g/mol. The summed E-state index contributed by atoms with van der Waals surface area (Å²) in [7, 11) is 0. The Morgan fingerprint density at radius 3 is 2.68 bits per heavy atom. The molecule has 1 aromatic heterocycles. The van der Waals surface area contributed by atoms with E-state index in [0.29, 0.717) is 12.1 Å². The smallest absolute Gasteiger partial charge is 0.0865 e. The van der Waals surface area contributed by atoms with E-state index < -0.39 is 6.10 Å². The monoisotopic (exact) mass is 259 g/mol. The topological polar surface area (TPSA) is 64.1 Å². The maximum absolute atomic E-state index is 10.3. The number of nitrogens with two attached hydrogens (primary N) is 1. The van der Waals surface area contributed by atoms with Gasteiger partial charge in [0.15, 0.2) is 0 Å². The van der Waals surface area contributed by atoms with E-state index in [1.165, 1.54) is 0 Å². The number of benzene rings is 1. The van der Waals surface area contributed by atoms with E-state index in [2.05, 4.69) is 25.0 Å². The zero-order valence-corrected chi connectivity index (χ0v) is 11.5. The molecule has 0 amide bonds. The highest BCUT2D eigenvalue weighted by molar-refractivity contribution is 5.47. The molecule has 1 unspecified atom stereocenters. The Kier molecular flexibility index (Phi) is 4.22. The molecule has 1 heterocycles. The van der Waals surface area contributed by atoms with Crippen LogP contribution in [0.5, 0.6) is 0 Å². The number of aryl methyl sites for hydroxylation is 2. The van der Waals surface area contributed by atoms with Gasteiger partial charge in [0.25, 0.3) is 0 Å². The Morgan fingerprint density at radius 2 is 2.05 bits per heavy atom. The zero-order valence-electron chi connectivity index (χ0n) is 11.5. The van der Waals surface area contributed by atoms with Crippen molar-refractivity contribution >= 4 is 5.69 Å². The van der Waals surface area contributed by atoms with Crippen LogP contribution in [-0.2, 0) is 19.4 Å². The van der Waals surface area contributed by atoms with E-state index in [-0.39, 0.29) is 0 Å². The van der Waals surface area contributed by atoms with Crippen molar-refractivity contribution in [2.24, 2.45) is 0 Å². The van der Waals surface area contributed by atoms with Gasteiger partial charge in [-0.3, -0.25) is 4.68 Å². The second kappa shape index (κ2) is 5.89. The van der Waals surface area contributed by atoms with Gasteiger partial charge in [-0.2, -0.15) is 5.10 Å². The molecule has 102 valence electrons. The van der Waals surface area contributed by atoms with Gasteiger partial charge in [0.1, 0.15) is 0 Å². The maximum atomic E-state index is 10.3. The van der Waals surface area contributed by atoms with Crippen molar-refractivity contribution in [1.82, 2.24) is 9.78 Å². The summed E-state index contributed by atoms with van der Waals surface area (Å²) in [6.07, 6.45) is 0.853. The molecule has 0 saturated carbocycles. The fraction of sp³-hybridized carbons (Fsp3) is 0.400. The van der Waals surface area contributed by atoms with Crippen molar-refractivity contribution in [2.45, 2.75) is 39.3 Å². The van der Waals surface area contributed by atoms with Crippen LogP contribution in [0.1, 0.15) is 36.9 Å². The van der Waals surface area contributed by atoms with Gasteiger partial charge >= 0.3 is 0 Å². The number of aromatic nitrogens is 2. The third kappa shape index (κ3) is 2.96. The van der Waals surface area contributed by atoms with E-state index >= 15 is 0 Å². The number of hydrogen-bond acceptors (Lipinski definition) is 3. The lowest BCUT2D eigenvalue weighted by Crippen LogP contribution is -2.09. The van der Waals surface area contributed by atoms with E-state index in [1.54, 1.807) is 0 Å². The van der Waals surface area contributed by atoms with Crippen molar-refractivity contribution in [3.05, 3.63) is 47.3 Å². The largest absolute Gasteiger partial charge is 0.398 e. The van der Waals surface area contributed by atoms with Crippen molar-refractivity contribution < 1.29 is 5.11 Å². The third-order valence-corrected chi connectivity index (χ3v) is 3.33. The first-order valence-corrected chi connectivity index (χ1v) is 6.73. The molecule has 0 radical (unpaired) electrons. The molecule has 0 aliphatic rings. The normalized spacial score (nSPS) is 12.6. The Hall–Kier alpha value is -1.81. The molecule has 4 heteroatoms. The van der Waals surface area contributed by atoms with E-state index in [1.807, 2.05) is 28.9 Å². The molecule has 0 fully saturated rings. The van der Waals surface area contributed by atoms with Crippen LogP contribution in [0.4, 0.5) is 5.69 Å². The minimum atomic E-state index is -0.590. The van der Waals surface area contributed by atoms with Gasteiger partial charge in [0.05, 0.1) is 11.8 Å². The highest BCUT2D eigenvalue weighted by Crippen LogP contribution is 2.23. The zero-order chi connectivity index (χ0) is 13.8. The van der Waals surface area contributed by atoms with Gasteiger partial charge in [-0.05, 0) is 25.5 Å². The maximum Gasteiger partial charge on any atom is 0.0865 e. The van der Waals surface area contributed by atoms with Crippen LogP contribution >= 0.6 is 0 Å². The molecule has 19 heavy (non-hydrogen) atoms. The number of nitrogen functional groups attached to an aromatic ring is 1. The van der Waals surface area contributed by atoms with Crippen molar-refractivity contribution in [1.29, 1.82) is 0 Å². The second-order valence-electron chi connectivity index (χ2n) is 4.65. The molecule has 0 aliphatic heterocycles. The first kappa shape index (κ1) is 13.6. The summed E-state index contributed by atoms with van der Waals surface area (Å²) < 4.78 is 1.95. The minimum absolute atomic E-state index is 0.537. The lowest BCUT2D eigenvalue weighted by Gasteiger charge is -2.13. The summed E-state index contributed by atoms with van der Waals surface area (Å²) in [5.41, 5.74) is 9.42. The van der Waals surface area contributed by atoms with Crippen LogP contribution in [0.15, 0.2) is 30.3 Å². The average molecular weight is 259 g/mol. The van der Waals surface area contributed by atoms with Crippen molar-refractivity contribution in [3.8, 4) is 0 Å². The summed E-state index contributed by atoms with van der Waals surface area (Å²) in [6.45, 7) is 4.95. The van der Waals surface area contributed by atoms with Gasteiger partial charge in [0.2, 0.25) is 0 Å². The lowest BCUT2D eigenvalue weighted by atomic mass is 10.0. The molecular formula is C15H21N3O. The highest BCUT2D eigenvalue weighted by atomic mass is 16.3. The minimum Gasteiger partial charge on any atom is -0.398 e. The summed E-state index contributed by atoms with van der Waals surface area (Å²) in [5.74, 6) is 0. The Balaban J connectivity index is 2.21. The lowest BCUT2D eigenvalue weighted by molar-refractivity contribution is 0.176. The summed E-state index contributed by atoms with van der Waals surface area (Å²) in [5, 5.41) is 14.8. The number of aliphatic hydroxyl groups is 1. The third-order valence-electron chi connectivity index (χ3n) is 3.33. The summed E-state index contributed by atoms with van der Waals surface area (Å²) >= 11 is 0.